The summed E-state index contributed by atoms with van der Waals surface area (Å²) in [5, 5.41) is 3.54. The van der Waals surface area contributed by atoms with Crippen LogP contribution in [0.5, 0.6) is 0 Å². The lowest BCUT2D eigenvalue weighted by molar-refractivity contribution is 0.151. The van der Waals surface area contributed by atoms with Crippen molar-refractivity contribution < 1.29 is 0 Å². The summed E-state index contributed by atoms with van der Waals surface area (Å²) in [6.07, 6.45) is 6.67. The van der Waals surface area contributed by atoms with Gasteiger partial charge in [-0.3, -0.25) is 4.99 Å². The predicted octanol–water partition coefficient (Wildman–Crippen LogP) is 2.99. The summed E-state index contributed by atoms with van der Waals surface area (Å²) in [7, 11) is 1.90. The maximum absolute atomic E-state index is 4.47. The fraction of sp³-hybridized carbons (Fsp3) is 0.611. The third-order valence-electron chi connectivity index (χ3n) is 5.14. The second kappa shape index (κ2) is 6.08. The van der Waals surface area contributed by atoms with E-state index in [1.54, 1.807) is 0 Å². The Kier molecular flexibility index (Phi) is 4.18. The summed E-state index contributed by atoms with van der Waals surface area (Å²) >= 11 is 0. The number of aliphatic imine (C=N–C) groups is 1. The van der Waals surface area contributed by atoms with Crippen LogP contribution >= 0.6 is 0 Å². The Morgan fingerprint density at radius 3 is 2.81 bits per heavy atom. The van der Waals surface area contributed by atoms with Crippen LogP contribution in [-0.4, -0.2) is 37.5 Å². The highest BCUT2D eigenvalue weighted by Crippen LogP contribution is 2.47. The molecule has 1 heterocycles. The number of nitrogens with one attached hydrogen (secondary N) is 1. The summed E-state index contributed by atoms with van der Waals surface area (Å²) in [4.78, 5) is 6.93. The summed E-state index contributed by atoms with van der Waals surface area (Å²) in [6, 6.07) is 8.76. The van der Waals surface area contributed by atoms with Crippen molar-refractivity contribution in [1.29, 1.82) is 0 Å². The van der Waals surface area contributed by atoms with Gasteiger partial charge in [0.15, 0.2) is 5.96 Å². The minimum Gasteiger partial charge on any atom is -0.356 e. The number of aryl methyl sites for hydroxylation is 1. The number of rotatable bonds is 3. The molecule has 3 nitrogen and oxygen atoms in total. The Labute approximate surface area is 128 Å². The molecule has 0 unspecified atom stereocenters. The molecule has 1 aromatic rings. The molecule has 1 N–H and O–H groups in total. The molecule has 2 aliphatic rings. The van der Waals surface area contributed by atoms with E-state index >= 15 is 0 Å². The molecular formula is C18H27N3. The normalized spacial score (nSPS) is 20.7. The van der Waals surface area contributed by atoms with Crippen LogP contribution in [0.3, 0.4) is 0 Å². The number of hydrogen-bond acceptors (Lipinski definition) is 1. The predicted molar refractivity (Wildman–Crippen MR) is 88.7 cm³/mol. The molecule has 3 rings (SSSR count). The van der Waals surface area contributed by atoms with Crippen LogP contribution < -0.4 is 5.32 Å². The number of guanidine groups is 1. The van der Waals surface area contributed by atoms with Crippen molar-refractivity contribution in [1.82, 2.24) is 10.2 Å². The molecule has 21 heavy (non-hydrogen) atoms. The van der Waals surface area contributed by atoms with E-state index in [2.05, 4.69) is 46.4 Å². The molecule has 1 saturated heterocycles. The van der Waals surface area contributed by atoms with Gasteiger partial charge in [0.25, 0.3) is 0 Å². The third kappa shape index (κ3) is 3.22. The highest BCUT2D eigenvalue weighted by atomic mass is 15.3. The quantitative estimate of drug-likeness (QED) is 0.683. The van der Waals surface area contributed by atoms with Gasteiger partial charge < -0.3 is 10.2 Å². The van der Waals surface area contributed by atoms with Crippen molar-refractivity contribution in [3.63, 3.8) is 0 Å². The fourth-order valence-electron chi connectivity index (χ4n) is 3.72. The molecule has 2 fully saturated rings. The van der Waals surface area contributed by atoms with Crippen molar-refractivity contribution in [3.05, 3.63) is 35.4 Å². The van der Waals surface area contributed by atoms with Gasteiger partial charge in [-0.05, 0) is 43.6 Å². The smallest absolute Gasteiger partial charge is 0.193 e. The highest BCUT2D eigenvalue weighted by Gasteiger charge is 2.43. The van der Waals surface area contributed by atoms with Crippen molar-refractivity contribution >= 4 is 5.96 Å². The van der Waals surface area contributed by atoms with Gasteiger partial charge in [0.1, 0.15) is 0 Å². The van der Waals surface area contributed by atoms with Gasteiger partial charge in [0.2, 0.25) is 0 Å². The van der Waals surface area contributed by atoms with E-state index in [0.717, 1.165) is 18.9 Å². The topological polar surface area (TPSA) is 27.6 Å². The number of benzene rings is 1. The number of hydrogen-bond donors (Lipinski definition) is 1. The van der Waals surface area contributed by atoms with E-state index in [4.69, 9.17) is 0 Å². The van der Waals surface area contributed by atoms with Crippen LogP contribution in [-0.2, 0) is 6.42 Å². The molecule has 1 spiro atoms. The van der Waals surface area contributed by atoms with E-state index in [9.17, 15) is 0 Å². The summed E-state index contributed by atoms with van der Waals surface area (Å²) < 4.78 is 0. The van der Waals surface area contributed by atoms with Crippen molar-refractivity contribution in [2.24, 2.45) is 10.4 Å². The molecule has 0 radical (unpaired) electrons. The van der Waals surface area contributed by atoms with Crippen LogP contribution in [0, 0.1) is 12.3 Å². The Balaban J connectivity index is 1.49. The maximum atomic E-state index is 4.47. The van der Waals surface area contributed by atoms with E-state index in [0.29, 0.717) is 5.41 Å². The fourth-order valence-corrected chi connectivity index (χ4v) is 3.72. The monoisotopic (exact) mass is 285 g/mol. The van der Waals surface area contributed by atoms with Crippen LogP contribution in [0.2, 0.25) is 0 Å². The molecule has 3 heteroatoms. The van der Waals surface area contributed by atoms with E-state index in [1.165, 1.54) is 49.9 Å². The van der Waals surface area contributed by atoms with Gasteiger partial charge in [-0.25, -0.2) is 0 Å². The largest absolute Gasteiger partial charge is 0.356 e. The Hall–Kier alpha value is -1.51. The van der Waals surface area contributed by atoms with Gasteiger partial charge in [0, 0.05) is 26.7 Å². The first-order valence-electron chi connectivity index (χ1n) is 8.22. The Morgan fingerprint density at radius 2 is 2.19 bits per heavy atom. The molecule has 1 saturated carbocycles. The zero-order valence-corrected chi connectivity index (χ0v) is 13.4. The summed E-state index contributed by atoms with van der Waals surface area (Å²) in [5.74, 6) is 1.09. The van der Waals surface area contributed by atoms with E-state index in [-0.39, 0.29) is 0 Å². The third-order valence-corrected chi connectivity index (χ3v) is 5.14. The van der Waals surface area contributed by atoms with Crippen LogP contribution in [0.1, 0.15) is 36.8 Å². The molecule has 0 bridgehead atoms. The second-order valence-electron chi connectivity index (χ2n) is 6.74. The minimum atomic E-state index is 0.633. The van der Waals surface area contributed by atoms with E-state index in [1.807, 2.05) is 7.05 Å². The van der Waals surface area contributed by atoms with Gasteiger partial charge in [-0.2, -0.15) is 0 Å². The average Bonchev–Trinajstić information content (AvgIpc) is 2.89. The summed E-state index contributed by atoms with van der Waals surface area (Å²) in [5.41, 5.74) is 3.37. The Morgan fingerprint density at radius 1 is 1.33 bits per heavy atom. The molecule has 0 aromatic heterocycles. The van der Waals surface area contributed by atoms with Crippen molar-refractivity contribution in [2.75, 3.05) is 26.7 Å². The molecule has 1 aliphatic carbocycles. The lowest BCUT2D eigenvalue weighted by atomic mass is 9.68. The minimum absolute atomic E-state index is 0.633. The average molecular weight is 285 g/mol. The van der Waals surface area contributed by atoms with Gasteiger partial charge in [-0.1, -0.05) is 36.2 Å². The van der Waals surface area contributed by atoms with E-state index < -0.39 is 0 Å². The standard InChI is InChI=1S/C18H27N3/c1-15-5-3-6-16(13-15)7-11-20-17(19-2)21-12-10-18(14-21)8-4-9-18/h3,5-6,13H,4,7-12,14H2,1-2H3,(H,19,20). The molecule has 1 aliphatic heterocycles. The molecule has 1 aromatic carbocycles. The van der Waals surface area contributed by atoms with Crippen molar-refractivity contribution in [3.8, 4) is 0 Å². The van der Waals surface area contributed by atoms with Gasteiger partial charge >= 0.3 is 0 Å². The first-order valence-corrected chi connectivity index (χ1v) is 8.22. The maximum Gasteiger partial charge on any atom is 0.193 e. The Bertz CT molecular complexity index is 517. The summed E-state index contributed by atoms with van der Waals surface area (Å²) in [6.45, 7) is 5.49. The van der Waals surface area contributed by atoms with Gasteiger partial charge in [0.05, 0.1) is 0 Å². The highest BCUT2D eigenvalue weighted by molar-refractivity contribution is 5.80. The number of likely N-dealkylation sites (tertiary alicyclic amines) is 1. The van der Waals surface area contributed by atoms with Crippen molar-refractivity contribution in [2.45, 2.75) is 39.0 Å². The molecule has 0 amide bonds. The number of nitrogens with zero attached hydrogens (tertiary/aromatic N) is 2. The lowest BCUT2D eigenvalue weighted by Gasteiger charge is -2.38. The first-order chi connectivity index (χ1) is 10.2. The van der Waals surface area contributed by atoms with Crippen LogP contribution in [0.25, 0.3) is 0 Å². The molecule has 0 atom stereocenters. The first kappa shape index (κ1) is 14.4. The van der Waals surface area contributed by atoms with Crippen LogP contribution in [0.15, 0.2) is 29.3 Å². The molecule has 114 valence electrons. The lowest BCUT2D eigenvalue weighted by Crippen LogP contribution is -2.43. The van der Waals surface area contributed by atoms with Gasteiger partial charge in [-0.15, -0.1) is 0 Å². The SMILES string of the molecule is CN=C(NCCc1cccc(C)c1)N1CCC2(CCC2)C1. The second-order valence-corrected chi connectivity index (χ2v) is 6.74. The molecular weight excluding hydrogens is 258 g/mol. The zero-order valence-electron chi connectivity index (χ0n) is 13.4. The zero-order chi connectivity index (χ0) is 14.7. The van der Waals surface area contributed by atoms with Crippen LogP contribution in [0.4, 0.5) is 0 Å².